The highest BCUT2D eigenvalue weighted by atomic mass is 79.9. The molecule has 2 rings (SSSR count). The van der Waals surface area contributed by atoms with Crippen LogP contribution in [0.2, 0.25) is 0 Å². The highest BCUT2D eigenvalue weighted by molar-refractivity contribution is 9.10. The number of thiophene rings is 1. The molecule has 0 aliphatic carbocycles. The van der Waals surface area contributed by atoms with E-state index in [-0.39, 0.29) is 0 Å². The van der Waals surface area contributed by atoms with Crippen molar-refractivity contribution in [3.8, 4) is 0 Å². The Labute approximate surface area is 115 Å². The first kappa shape index (κ1) is 12.8. The monoisotopic (exact) mass is 309 g/mol. The molecule has 1 unspecified atom stereocenters. The predicted molar refractivity (Wildman–Crippen MR) is 78.7 cm³/mol. The molecule has 0 amide bonds. The van der Waals surface area contributed by atoms with E-state index in [1.54, 1.807) is 0 Å². The van der Waals surface area contributed by atoms with Crippen molar-refractivity contribution in [2.45, 2.75) is 19.4 Å². The topological polar surface area (TPSA) is 12.0 Å². The minimum Gasteiger partial charge on any atom is -0.309 e. The molecule has 3 heteroatoms. The second-order valence-corrected chi connectivity index (χ2v) is 6.05. The van der Waals surface area contributed by atoms with Gasteiger partial charge in [0.05, 0.1) is 6.04 Å². The SMILES string of the molecule is CCc1ccc(C(NC)c2ccc(Br)cc2)s1. The van der Waals surface area contributed by atoms with Crippen LogP contribution >= 0.6 is 27.3 Å². The first-order valence-corrected chi connectivity index (χ1v) is 7.37. The predicted octanol–water partition coefficient (Wildman–Crippen LogP) is 4.38. The van der Waals surface area contributed by atoms with Gasteiger partial charge < -0.3 is 5.32 Å². The van der Waals surface area contributed by atoms with Crippen LogP contribution < -0.4 is 5.32 Å². The highest BCUT2D eigenvalue weighted by Gasteiger charge is 2.13. The van der Waals surface area contributed by atoms with Crippen LogP contribution in [0.5, 0.6) is 0 Å². The van der Waals surface area contributed by atoms with Crippen LogP contribution in [0.3, 0.4) is 0 Å². The lowest BCUT2D eigenvalue weighted by Crippen LogP contribution is -2.16. The molecule has 1 heterocycles. The van der Waals surface area contributed by atoms with Gasteiger partial charge in [-0.2, -0.15) is 0 Å². The number of halogens is 1. The van der Waals surface area contributed by atoms with Gasteiger partial charge in [-0.3, -0.25) is 0 Å². The van der Waals surface area contributed by atoms with E-state index in [1.807, 2.05) is 18.4 Å². The molecule has 0 saturated carbocycles. The van der Waals surface area contributed by atoms with E-state index in [4.69, 9.17) is 0 Å². The van der Waals surface area contributed by atoms with E-state index < -0.39 is 0 Å². The number of hydrogen-bond acceptors (Lipinski definition) is 2. The van der Waals surface area contributed by atoms with Gasteiger partial charge in [0.15, 0.2) is 0 Å². The molecular formula is C14H16BrNS. The van der Waals surface area contributed by atoms with Gasteiger partial charge in [0, 0.05) is 14.2 Å². The third-order valence-corrected chi connectivity index (χ3v) is 4.63. The summed E-state index contributed by atoms with van der Waals surface area (Å²) in [7, 11) is 2.01. The first-order chi connectivity index (χ1) is 8.24. The third kappa shape index (κ3) is 2.97. The van der Waals surface area contributed by atoms with E-state index >= 15 is 0 Å². The lowest BCUT2D eigenvalue weighted by Gasteiger charge is -2.15. The molecule has 17 heavy (non-hydrogen) atoms. The normalized spacial score (nSPS) is 12.6. The fraction of sp³-hybridized carbons (Fsp3) is 0.286. The smallest absolute Gasteiger partial charge is 0.0668 e. The second kappa shape index (κ2) is 5.80. The second-order valence-electron chi connectivity index (χ2n) is 3.93. The summed E-state index contributed by atoms with van der Waals surface area (Å²) in [6.07, 6.45) is 1.11. The largest absolute Gasteiger partial charge is 0.309 e. The van der Waals surface area contributed by atoms with Crippen LogP contribution in [-0.2, 0) is 6.42 Å². The number of aryl methyl sites for hydroxylation is 1. The van der Waals surface area contributed by atoms with Crippen molar-refractivity contribution in [3.63, 3.8) is 0 Å². The molecule has 1 aromatic carbocycles. The maximum atomic E-state index is 3.47. The summed E-state index contributed by atoms with van der Waals surface area (Å²) in [6.45, 7) is 2.20. The number of nitrogens with one attached hydrogen (secondary N) is 1. The zero-order valence-corrected chi connectivity index (χ0v) is 12.4. The van der Waals surface area contributed by atoms with Crippen LogP contribution in [-0.4, -0.2) is 7.05 Å². The van der Waals surface area contributed by atoms with E-state index in [2.05, 4.69) is 64.6 Å². The molecule has 0 spiro atoms. The van der Waals surface area contributed by atoms with E-state index in [9.17, 15) is 0 Å². The Bertz CT molecular complexity index is 475. The van der Waals surface area contributed by atoms with Crippen molar-refractivity contribution in [2.24, 2.45) is 0 Å². The molecule has 1 N–H and O–H groups in total. The molecule has 0 fully saturated rings. The Balaban J connectivity index is 2.29. The average Bonchev–Trinajstić information content (AvgIpc) is 2.81. The maximum Gasteiger partial charge on any atom is 0.0668 e. The molecule has 0 aliphatic rings. The van der Waals surface area contributed by atoms with Gasteiger partial charge in [-0.15, -0.1) is 11.3 Å². The fourth-order valence-electron chi connectivity index (χ4n) is 1.87. The Morgan fingerprint density at radius 3 is 2.41 bits per heavy atom. The Morgan fingerprint density at radius 1 is 1.18 bits per heavy atom. The number of benzene rings is 1. The van der Waals surface area contributed by atoms with Gasteiger partial charge in [0.1, 0.15) is 0 Å². The summed E-state index contributed by atoms with van der Waals surface area (Å²) in [6, 6.07) is 13.3. The molecule has 1 atom stereocenters. The third-order valence-electron chi connectivity index (χ3n) is 2.81. The molecule has 0 aliphatic heterocycles. The highest BCUT2D eigenvalue weighted by Crippen LogP contribution is 2.29. The van der Waals surface area contributed by atoms with Gasteiger partial charge in [-0.25, -0.2) is 0 Å². The summed E-state index contributed by atoms with van der Waals surface area (Å²) in [5.41, 5.74) is 1.31. The van der Waals surface area contributed by atoms with Crippen LogP contribution in [0.15, 0.2) is 40.9 Å². The van der Waals surface area contributed by atoms with E-state index in [1.165, 1.54) is 15.3 Å². The van der Waals surface area contributed by atoms with Gasteiger partial charge in [-0.05, 0) is 43.3 Å². The lowest BCUT2D eigenvalue weighted by atomic mass is 10.1. The van der Waals surface area contributed by atoms with Gasteiger partial charge >= 0.3 is 0 Å². The van der Waals surface area contributed by atoms with Crippen molar-refractivity contribution in [3.05, 3.63) is 56.2 Å². The van der Waals surface area contributed by atoms with Crippen molar-refractivity contribution in [1.29, 1.82) is 0 Å². The van der Waals surface area contributed by atoms with E-state index in [0.29, 0.717) is 6.04 Å². The molecule has 90 valence electrons. The van der Waals surface area contributed by atoms with Crippen LogP contribution in [0.1, 0.15) is 28.3 Å². The lowest BCUT2D eigenvalue weighted by molar-refractivity contribution is 0.704. The molecule has 1 aromatic heterocycles. The molecule has 2 aromatic rings. The van der Waals surface area contributed by atoms with Crippen molar-refractivity contribution in [1.82, 2.24) is 5.32 Å². The Kier molecular flexibility index (Phi) is 4.37. The molecule has 0 bridgehead atoms. The summed E-state index contributed by atoms with van der Waals surface area (Å²) in [5, 5.41) is 3.39. The number of rotatable bonds is 4. The summed E-state index contributed by atoms with van der Waals surface area (Å²) in [5.74, 6) is 0. The standard InChI is InChI=1S/C14H16BrNS/c1-3-12-8-9-13(17-12)14(16-2)10-4-6-11(15)7-5-10/h4-9,14,16H,3H2,1-2H3. The molecular weight excluding hydrogens is 294 g/mol. The first-order valence-electron chi connectivity index (χ1n) is 5.76. The van der Waals surface area contributed by atoms with Crippen LogP contribution in [0, 0.1) is 0 Å². The van der Waals surface area contributed by atoms with Crippen LogP contribution in [0.25, 0.3) is 0 Å². The minimum atomic E-state index is 0.299. The van der Waals surface area contributed by atoms with Crippen molar-refractivity contribution < 1.29 is 0 Å². The summed E-state index contributed by atoms with van der Waals surface area (Å²) in [4.78, 5) is 2.82. The fourth-order valence-corrected chi connectivity index (χ4v) is 3.22. The van der Waals surface area contributed by atoms with Gasteiger partial charge in [0.2, 0.25) is 0 Å². The van der Waals surface area contributed by atoms with Gasteiger partial charge in [0.25, 0.3) is 0 Å². The zero-order valence-electron chi connectivity index (χ0n) is 10.0. The molecule has 0 saturated heterocycles. The maximum absolute atomic E-state index is 3.47. The minimum absolute atomic E-state index is 0.299. The zero-order chi connectivity index (χ0) is 12.3. The van der Waals surface area contributed by atoms with Gasteiger partial charge in [-0.1, -0.05) is 35.0 Å². The Morgan fingerprint density at radius 2 is 1.88 bits per heavy atom. The quantitative estimate of drug-likeness (QED) is 0.883. The summed E-state index contributed by atoms with van der Waals surface area (Å²) >= 11 is 5.36. The van der Waals surface area contributed by atoms with Crippen molar-refractivity contribution >= 4 is 27.3 Å². The average molecular weight is 310 g/mol. The molecule has 0 radical (unpaired) electrons. The van der Waals surface area contributed by atoms with E-state index in [0.717, 1.165) is 10.9 Å². The van der Waals surface area contributed by atoms with Crippen LogP contribution in [0.4, 0.5) is 0 Å². The summed E-state index contributed by atoms with van der Waals surface area (Å²) < 4.78 is 1.12. The molecule has 1 nitrogen and oxygen atoms in total. The number of hydrogen-bond donors (Lipinski definition) is 1. The Hall–Kier alpha value is -0.640. The van der Waals surface area contributed by atoms with Crippen molar-refractivity contribution in [2.75, 3.05) is 7.05 Å².